The summed E-state index contributed by atoms with van der Waals surface area (Å²) in [6, 6.07) is 6.94. The number of halogens is 3. The summed E-state index contributed by atoms with van der Waals surface area (Å²) in [6.07, 6.45) is -1.96. The van der Waals surface area contributed by atoms with Crippen LogP contribution in [0.5, 0.6) is 0 Å². The molecule has 0 radical (unpaired) electrons. The summed E-state index contributed by atoms with van der Waals surface area (Å²) in [7, 11) is 1.66. The molecule has 0 unspecified atom stereocenters. The van der Waals surface area contributed by atoms with E-state index in [-0.39, 0.29) is 24.3 Å². The number of benzene rings is 1. The van der Waals surface area contributed by atoms with E-state index in [1.54, 1.807) is 11.9 Å². The highest BCUT2D eigenvalue weighted by atomic mass is 19.4. The third-order valence-electron chi connectivity index (χ3n) is 4.27. The first-order chi connectivity index (χ1) is 10.3. The van der Waals surface area contributed by atoms with Crippen molar-refractivity contribution in [3.8, 4) is 6.07 Å². The monoisotopic (exact) mass is 310 g/mol. The Kier molecular flexibility index (Phi) is 4.74. The number of carbonyl (C=O) groups is 1. The molecule has 0 heterocycles. The Morgan fingerprint density at radius 3 is 2.50 bits per heavy atom. The Bertz CT molecular complexity index is 575. The highest BCUT2D eigenvalue weighted by Crippen LogP contribution is 2.38. The number of nitriles is 1. The van der Waals surface area contributed by atoms with E-state index < -0.39 is 11.7 Å². The van der Waals surface area contributed by atoms with Gasteiger partial charge in [-0.25, -0.2) is 0 Å². The number of alkyl halides is 3. The third-order valence-corrected chi connectivity index (χ3v) is 4.27. The molecule has 1 amide bonds. The first-order valence-corrected chi connectivity index (χ1v) is 7.14. The van der Waals surface area contributed by atoms with Gasteiger partial charge in [-0.2, -0.15) is 18.4 Å². The van der Waals surface area contributed by atoms with Crippen LogP contribution in [-0.2, 0) is 11.0 Å². The Morgan fingerprint density at radius 2 is 1.95 bits per heavy atom. The van der Waals surface area contributed by atoms with Crippen molar-refractivity contribution in [1.29, 1.82) is 5.26 Å². The van der Waals surface area contributed by atoms with E-state index in [2.05, 4.69) is 0 Å². The molecule has 0 aliphatic heterocycles. The van der Waals surface area contributed by atoms with Crippen molar-refractivity contribution in [2.75, 3.05) is 7.05 Å². The zero-order valence-electron chi connectivity index (χ0n) is 12.2. The van der Waals surface area contributed by atoms with E-state index in [1.165, 1.54) is 12.1 Å². The predicted octanol–water partition coefficient (Wildman–Crippen LogP) is 3.71. The van der Waals surface area contributed by atoms with Crippen LogP contribution in [-0.4, -0.2) is 23.9 Å². The lowest BCUT2D eigenvalue weighted by Crippen LogP contribution is -2.38. The van der Waals surface area contributed by atoms with Crippen LogP contribution in [0.1, 0.15) is 42.7 Å². The Balaban J connectivity index is 2.17. The van der Waals surface area contributed by atoms with E-state index in [0.717, 1.165) is 37.0 Å². The van der Waals surface area contributed by atoms with E-state index >= 15 is 0 Å². The molecule has 118 valence electrons. The van der Waals surface area contributed by atoms with E-state index in [0.29, 0.717) is 0 Å². The lowest BCUT2D eigenvalue weighted by molar-refractivity contribution is -0.137. The number of hydrogen-bond donors (Lipinski definition) is 0. The van der Waals surface area contributed by atoms with Crippen LogP contribution in [0, 0.1) is 11.3 Å². The van der Waals surface area contributed by atoms with Crippen molar-refractivity contribution in [2.24, 2.45) is 0 Å². The standard InChI is InChI=1S/C16H17F3N2O/c1-21(15(22)9-10-20)14-4-2-3-13(14)11-5-7-12(8-6-11)16(17,18)19/h5-8,13-14H,2-4,9H2,1H3/t13-,14+/m1/s1. The quantitative estimate of drug-likeness (QED) is 0.854. The minimum atomic E-state index is -4.34. The molecule has 0 bridgehead atoms. The van der Waals surface area contributed by atoms with Crippen LogP contribution in [0.15, 0.2) is 24.3 Å². The second-order valence-electron chi connectivity index (χ2n) is 5.56. The average molecular weight is 310 g/mol. The summed E-state index contributed by atoms with van der Waals surface area (Å²) in [6.45, 7) is 0. The fraction of sp³-hybridized carbons (Fsp3) is 0.500. The molecular weight excluding hydrogens is 293 g/mol. The molecule has 0 aromatic heterocycles. The summed E-state index contributed by atoms with van der Waals surface area (Å²) in [4.78, 5) is 13.4. The Labute approximate surface area is 127 Å². The number of likely N-dealkylation sites (N-methyl/N-ethyl adjacent to an activating group) is 1. The largest absolute Gasteiger partial charge is 0.416 e. The first kappa shape index (κ1) is 16.3. The minimum absolute atomic E-state index is 0.0231. The minimum Gasteiger partial charge on any atom is -0.341 e. The van der Waals surface area contributed by atoms with Gasteiger partial charge in [0.05, 0.1) is 11.6 Å². The van der Waals surface area contributed by atoms with Crippen molar-refractivity contribution in [2.45, 2.75) is 43.8 Å². The van der Waals surface area contributed by atoms with Crippen LogP contribution in [0.3, 0.4) is 0 Å². The molecule has 1 fully saturated rings. The lowest BCUT2D eigenvalue weighted by Gasteiger charge is -2.29. The van der Waals surface area contributed by atoms with Gasteiger partial charge in [0.15, 0.2) is 0 Å². The molecule has 6 heteroatoms. The van der Waals surface area contributed by atoms with Crippen LogP contribution in [0.2, 0.25) is 0 Å². The lowest BCUT2D eigenvalue weighted by atomic mass is 9.92. The molecule has 22 heavy (non-hydrogen) atoms. The van der Waals surface area contributed by atoms with Gasteiger partial charge in [-0.1, -0.05) is 18.6 Å². The molecule has 1 saturated carbocycles. The molecule has 1 aliphatic carbocycles. The highest BCUT2D eigenvalue weighted by Gasteiger charge is 2.35. The van der Waals surface area contributed by atoms with Crippen molar-refractivity contribution in [3.63, 3.8) is 0 Å². The van der Waals surface area contributed by atoms with Gasteiger partial charge in [-0.05, 0) is 30.5 Å². The Morgan fingerprint density at radius 1 is 1.32 bits per heavy atom. The molecule has 0 spiro atoms. The number of hydrogen-bond acceptors (Lipinski definition) is 2. The molecule has 1 aliphatic rings. The van der Waals surface area contributed by atoms with Crippen LogP contribution < -0.4 is 0 Å². The van der Waals surface area contributed by atoms with Gasteiger partial charge in [0, 0.05) is 19.0 Å². The maximum Gasteiger partial charge on any atom is 0.416 e. The molecule has 2 atom stereocenters. The second kappa shape index (κ2) is 6.39. The second-order valence-corrected chi connectivity index (χ2v) is 5.56. The van der Waals surface area contributed by atoms with Gasteiger partial charge < -0.3 is 4.90 Å². The topological polar surface area (TPSA) is 44.1 Å². The van der Waals surface area contributed by atoms with Gasteiger partial charge >= 0.3 is 6.18 Å². The van der Waals surface area contributed by atoms with Gasteiger partial charge in [-0.15, -0.1) is 0 Å². The number of carbonyl (C=O) groups excluding carboxylic acids is 1. The zero-order valence-corrected chi connectivity index (χ0v) is 12.2. The maximum absolute atomic E-state index is 12.6. The summed E-state index contributed by atoms with van der Waals surface area (Å²) in [5.74, 6) is -0.221. The summed E-state index contributed by atoms with van der Waals surface area (Å²) in [5.41, 5.74) is 0.145. The predicted molar refractivity (Wildman–Crippen MR) is 74.8 cm³/mol. The van der Waals surface area contributed by atoms with E-state index in [9.17, 15) is 18.0 Å². The molecule has 3 nitrogen and oxygen atoms in total. The average Bonchev–Trinajstić information content (AvgIpc) is 2.95. The molecule has 0 saturated heterocycles. The molecule has 1 aromatic rings. The van der Waals surface area contributed by atoms with Gasteiger partial charge in [0.2, 0.25) is 5.91 Å². The SMILES string of the molecule is CN(C(=O)CC#N)[C@H]1CCC[C@@H]1c1ccc(C(F)(F)F)cc1. The van der Waals surface area contributed by atoms with Gasteiger partial charge in [0.1, 0.15) is 6.42 Å². The summed E-state index contributed by atoms with van der Waals surface area (Å²) >= 11 is 0. The first-order valence-electron chi connectivity index (χ1n) is 7.14. The maximum atomic E-state index is 12.6. The normalized spacial score (nSPS) is 21.4. The van der Waals surface area contributed by atoms with Crippen LogP contribution in [0.25, 0.3) is 0 Å². The molecule has 2 rings (SSSR count). The van der Waals surface area contributed by atoms with Gasteiger partial charge in [-0.3, -0.25) is 4.79 Å². The Hall–Kier alpha value is -2.03. The fourth-order valence-corrected chi connectivity index (χ4v) is 3.09. The van der Waals surface area contributed by atoms with Crippen LogP contribution in [0.4, 0.5) is 13.2 Å². The fourth-order valence-electron chi connectivity index (χ4n) is 3.09. The zero-order chi connectivity index (χ0) is 16.3. The highest BCUT2D eigenvalue weighted by molar-refractivity contribution is 5.78. The summed E-state index contributed by atoms with van der Waals surface area (Å²) in [5, 5.41) is 8.61. The molecule has 1 aromatic carbocycles. The van der Waals surface area contributed by atoms with Crippen molar-refractivity contribution in [3.05, 3.63) is 35.4 Å². The number of nitrogens with zero attached hydrogens (tertiary/aromatic N) is 2. The van der Waals surface area contributed by atoms with Crippen molar-refractivity contribution >= 4 is 5.91 Å². The van der Waals surface area contributed by atoms with Crippen molar-refractivity contribution in [1.82, 2.24) is 4.90 Å². The number of amides is 1. The number of rotatable bonds is 3. The molecule has 0 N–H and O–H groups in total. The van der Waals surface area contributed by atoms with E-state index in [1.807, 2.05) is 6.07 Å². The van der Waals surface area contributed by atoms with Crippen LogP contribution >= 0.6 is 0 Å². The third kappa shape index (κ3) is 3.41. The van der Waals surface area contributed by atoms with Gasteiger partial charge in [0.25, 0.3) is 0 Å². The molecular formula is C16H17F3N2O. The smallest absolute Gasteiger partial charge is 0.341 e. The van der Waals surface area contributed by atoms with E-state index in [4.69, 9.17) is 5.26 Å². The summed E-state index contributed by atoms with van der Waals surface area (Å²) < 4.78 is 37.8. The van der Waals surface area contributed by atoms with Crippen molar-refractivity contribution < 1.29 is 18.0 Å².